The van der Waals surface area contributed by atoms with Crippen LogP contribution < -0.4 is 0 Å². The zero-order chi connectivity index (χ0) is 9.42. The molecule has 68 valence electrons. The topological polar surface area (TPSA) is 44.1 Å². The molecule has 0 saturated carbocycles. The highest BCUT2D eigenvalue weighted by molar-refractivity contribution is 8.04. The Hall–Kier alpha value is -0.950. The number of allylic oxidation sites excluding steroid dienone is 1. The second-order valence-electron chi connectivity index (χ2n) is 3.25. The molecule has 1 unspecified atom stereocenters. The summed E-state index contributed by atoms with van der Waals surface area (Å²) in [5, 5.41) is 9.76. The van der Waals surface area contributed by atoms with Crippen molar-refractivity contribution in [1.82, 2.24) is 4.90 Å². The predicted octanol–water partition coefficient (Wildman–Crippen LogP) is 1.48. The van der Waals surface area contributed by atoms with E-state index in [1.807, 2.05) is 6.92 Å². The molecule has 1 amide bonds. The van der Waals surface area contributed by atoms with Crippen molar-refractivity contribution in [2.24, 2.45) is 0 Å². The van der Waals surface area contributed by atoms with Crippen molar-refractivity contribution < 1.29 is 4.79 Å². The molecule has 1 saturated heterocycles. The number of carbonyl (C=O) groups excluding carboxylic acids is 1. The fourth-order valence-electron chi connectivity index (χ4n) is 1.67. The summed E-state index contributed by atoms with van der Waals surface area (Å²) in [7, 11) is 0. The summed E-state index contributed by atoms with van der Waals surface area (Å²) in [6.45, 7) is 2.68. The molecule has 0 aromatic heterocycles. The minimum absolute atomic E-state index is 0.00329. The summed E-state index contributed by atoms with van der Waals surface area (Å²) in [6.07, 6.45) is 1.75. The van der Waals surface area contributed by atoms with Crippen molar-refractivity contribution in [3.8, 4) is 6.07 Å². The van der Waals surface area contributed by atoms with Gasteiger partial charge in [0.1, 0.15) is 0 Å². The molecule has 1 atom stereocenters. The van der Waals surface area contributed by atoms with Crippen molar-refractivity contribution in [3.63, 3.8) is 0 Å². The first-order chi connectivity index (χ1) is 6.24. The summed E-state index contributed by atoms with van der Waals surface area (Å²) < 4.78 is 0. The van der Waals surface area contributed by atoms with Crippen LogP contribution in [-0.2, 0) is 4.79 Å². The van der Waals surface area contributed by atoms with Gasteiger partial charge in [0.15, 0.2) is 0 Å². The number of nitrogens with zero attached hydrogens (tertiary/aromatic N) is 2. The summed E-state index contributed by atoms with van der Waals surface area (Å²) >= 11 is 1.52. The number of carbonyl (C=O) groups is 1. The van der Waals surface area contributed by atoms with Crippen LogP contribution in [0, 0.1) is 11.3 Å². The molecule has 2 rings (SSSR count). The van der Waals surface area contributed by atoms with Crippen LogP contribution in [0.2, 0.25) is 0 Å². The van der Waals surface area contributed by atoms with Crippen molar-refractivity contribution in [1.29, 1.82) is 5.26 Å². The number of thioether (sulfide) groups is 1. The molecule has 2 heterocycles. The molecule has 0 aliphatic carbocycles. The highest BCUT2D eigenvalue weighted by Crippen LogP contribution is 2.40. The van der Waals surface area contributed by atoms with Crippen molar-refractivity contribution in [3.05, 3.63) is 10.6 Å². The monoisotopic (exact) mass is 194 g/mol. The van der Waals surface area contributed by atoms with Gasteiger partial charge in [0, 0.05) is 6.54 Å². The van der Waals surface area contributed by atoms with Gasteiger partial charge in [-0.3, -0.25) is 4.79 Å². The number of fused-ring (bicyclic) bond motifs is 1. The number of hydrogen-bond donors (Lipinski definition) is 0. The van der Waals surface area contributed by atoms with Crippen molar-refractivity contribution in [2.75, 3.05) is 6.54 Å². The first kappa shape index (κ1) is 8.64. The summed E-state index contributed by atoms with van der Waals surface area (Å²) in [6, 6.07) is 2.18. The van der Waals surface area contributed by atoms with E-state index in [1.165, 1.54) is 11.8 Å². The maximum Gasteiger partial charge on any atom is 0.240 e. The molecule has 0 bridgehead atoms. The van der Waals surface area contributed by atoms with E-state index in [-0.39, 0.29) is 11.2 Å². The number of nitriles is 1. The lowest BCUT2D eigenvalue weighted by Gasteiger charge is -2.22. The second-order valence-corrected chi connectivity index (χ2v) is 4.58. The van der Waals surface area contributed by atoms with Crippen LogP contribution in [-0.4, -0.2) is 22.6 Å². The minimum atomic E-state index is -0.00329. The maximum absolute atomic E-state index is 11.6. The molecular formula is C9H10N2OS. The third-order valence-electron chi connectivity index (χ3n) is 2.35. The Morgan fingerprint density at radius 3 is 3.15 bits per heavy atom. The molecule has 1 fully saturated rings. The molecule has 2 aliphatic heterocycles. The van der Waals surface area contributed by atoms with Crippen LogP contribution in [0.3, 0.4) is 0 Å². The Labute approximate surface area is 81.4 Å². The Morgan fingerprint density at radius 2 is 2.46 bits per heavy atom. The average Bonchev–Trinajstić information content (AvgIpc) is 2.43. The highest BCUT2D eigenvalue weighted by Gasteiger charge is 2.36. The Bertz CT molecular complexity index is 329. The van der Waals surface area contributed by atoms with Crippen LogP contribution >= 0.6 is 11.8 Å². The van der Waals surface area contributed by atoms with E-state index >= 15 is 0 Å². The smallest absolute Gasteiger partial charge is 0.240 e. The molecule has 0 N–H and O–H groups in total. The van der Waals surface area contributed by atoms with Gasteiger partial charge in [0.25, 0.3) is 0 Å². The summed E-state index contributed by atoms with van der Waals surface area (Å²) in [4.78, 5) is 13.3. The van der Waals surface area contributed by atoms with E-state index in [1.54, 1.807) is 4.90 Å². The van der Waals surface area contributed by atoms with Gasteiger partial charge in [-0.25, -0.2) is 0 Å². The lowest BCUT2D eigenvalue weighted by Crippen LogP contribution is -2.31. The third kappa shape index (κ3) is 1.24. The number of hydrogen-bond acceptors (Lipinski definition) is 3. The molecule has 2 aliphatic rings. The number of amides is 1. The molecular weight excluding hydrogens is 184 g/mol. The van der Waals surface area contributed by atoms with Crippen LogP contribution in [0.1, 0.15) is 19.8 Å². The van der Waals surface area contributed by atoms with Gasteiger partial charge in [-0.05, 0) is 19.8 Å². The zero-order valence-electron chi connectivity index (χ0n) is 7.41. The van der Waals surface area contributed by atoms with E-state index in [2.05, 4.69) is 6.07 Å². The van der Waals surface area contributed by atoms with E-state index < -0.39 is 0 Å². The van der Waals surface area contributed by atoms with Gasteiger partial charge < -0.3 is 4.90 Å². The maximum atomic E-state index is 11.6. The quantitative estimate of drug-likeness (QED) is 0.586. The highest BCUT2D eigenvalue weighted by atomic mass is 32.2. The largest absolute Gasteiger partial charge is 0.305 e. The number of rotatable bonds is 0. The zero-order valence-corrected chi connectivity index (χ0v) is 8.23. The van der Waals surface area contributed by atoms with Crippen molar-refractivity contribution in [2.45, 2.75) is 25.0 Å². The van der Waals surface area contributed by atoms with Gasteiger partial charge in [-0.1, -0.05) is 11.8 Å². The Morgan fingerprint density at radius 1 is 1.69 bits per heavy atom. The van der Waals surface area contributed by atoms with Crippen molar-refractivity contribution >= 4 is 17.7 Å². The van der Waals surface area contributed by atoms with Crippen LogP contribution in [0.25, 0.3) is 0 Å². The molecule has 0 aromatic carbocycles. The minimum Gasteiger partial charge on any atom is -0.305 e. The van der Waals surface area contributed by atoms with Gasteiger partial charge in [0.2, 0.25) is 5.91 Å². The van der Waals surface area contributed by atoms with E-state index in [4.69, 9.17) is 5.26 Å². The SMILES string of the molecule is CC1SC2=C(C#N)CCCN2C1=O. The van der Waals surface area contributed by atoms with E-state index in [9.17, 15) is 4.79 Å². The molecule has 4 heteroatoms. The second kappa shape index (κ2) is 3.08. The molecule has 0 aromatic rings. The van der Waals surface area contributed by atoms with Gasteiger partial charge in [-0.2, -0.15) is 5.26 Å². The first-order valence-electron chi connectivity index (χ1n) is 4.35. The van der Waals surface area contributed by atoms with Crippen LogP contribution in [0.5, 0.6) is 0 Å². The fourth-order valence-corrected chi connectivity index (χ4v) is 2.83. The Balaban J connectivity index is 2.40. The lowest BCUT2D eigenvalue weighted by atomic mass is 10.1. The average molecular weight is 194 g/mol. The normalized spacial score (nSPS) is 27.5. The third-order valence-corrected chi connectivity index (χ3v) is 3.59. The first-order valence-corrected chi connectivity index (χ1v) is 5.23. The van der Waals surface area contributed by atoms with E-state index in [0.29, 0.717) is 0 Å². The van der Waals surface area contributed by atoms with E-state index in [0.717, 1.165) is 30.0 Å². The standard InChI is InChI=1S/C9H10N2OS/c1-6-8(12)11-4-2-3-7(5-10)9(11)13-6/h6H,2-4H2,1H3. The fraction of sp³-hybridized carbons (Fsp3) is 0.556. The Kier molecular flexibility index (Phi) is 2.04. The van der Waals surface area contributed by atoms with Gasteiger partial charge in [0.05, 0.1) is 21.9 Å². The summed E-state index contributed by atoms with van der Waals surface area (Å²) in [5.41, 5.74) is 0.786. The molecule has 0 radical (unpaired) electrons. The van der Waals surface area contributed by atoms with Gasteiger partial charge in [-0.15, -0.1) is 0 Å². The van der Waals surface area contributed by atoms with Crippen LogP contribution in [0.15, 0.2) is 10.6 Å². The van der Waals surface area contributed by atoms with Crippen LogP contribution in [0.4, 0.5) is 0 Å². The molecule has 13 heavy (non-hydrogen) atoms. The lowest BCUT2D eigenvalue weighted by molar-refractivity contribution is -0.127. The molecule has 0 spiro atoms. The summed E-state index contributed by atoms with van der Waals surface area (Å²) in [5.74, 6) is 0.160. The predicted molar refractivity (Wildman–Crippen MR) is 50.6 cm³/mol. The molecule has 3 nitrogen and oxygen atoms in total. The van der Waals surface area contributed by atoms with Gasteiger partial charge >= 0.3 is 0 Å².